The lowest BCUT2D eigenvalue weighted by atomic mass is 10.1. The van der Waals surface area contributed by atoms with Crippen LogP contribution in [0.1, 0.15) is 26.3 Å². The number of ether oxygens (including phenoxy) is 2. The maximum absolute atomic E-state index is 5.34. The first-order valence-electron chi connectivity index (χ1n) is 7.15. The summed E-state index contributed by atoms with van der Waals surface area (Å²) < 4.78 is 10.6. The molecule has 0 saturated heterocycles. The Morgan fingerprint density at radius 2 is 1.80 bits per heavy atom. The highest BCUT2D eigenvalue weighted by Crippen LogP contribution is 2.27. The maximum atomic E-state index is 5.34. The van der Waals surface area contributed by atoms with E-state index in [1.807, 2.05) is 17.8 Å². The predicted octanol–water partition coefficient (Wildman–Crippen LogP) is 3.37. The third kappa shape index (κ3) is 5.63. The van der Waals surface area contributed by atoms with Crippen molar-refractivity contribution >= 4 is 11.8 Å². The Kier molecular flexibility index (Phi) is 7.85. The second kappa shape index (κ2) is 9.14. The Morgan fingerprint density at radius 3 is 2.40 bits per heavy atom. The van der Waals surface area contributed by atoms with Gasteiger partial charge in [-0.25, -0.2) is 0 Å². The fourth-order valence-electron chi connectivity index (χ4n) is 2.25. The highest BCUT2D eigenvalue weighted by Gasteiger charge is 2.10. The van der Waals surface area contributed by atoms with Crippen LogP contribution in [0.2, 0.25) is 0 Å². The normalized spacial score (nSPS) is 13.8. The average molecular weight is 297 g/mol. The molecule has 0 amide bonds. The maximum Gasteiger partial charge on any atom is 0.160 e. The van der Waals surface area contributed by atoms with Gasteiger partial charge in [0, 0.05) is 17.8 Å². The molecule has 0 heterocycles. The minimum absolute atomic E-state index is 0.445. The summed E-state index contributed by atoms with van der Waals surface area (Å²) in [7, 11) is 3.34. The minimum atomic E-state index is 0.445. The molecule has 0 aromatic heterocycles. The molecule has 0 aliphatic rings. The molecule has 0 saturated carbocycles. The first-order chi connectivity index (χ1) is 9.60. The van der Waals surface area contributed by atoms with Crippen molar-refractivity contribution in [3.8, 4) is 11.5 Å². The molecule has 1 N–H and O–H groups in total. The summed E-state index contributed by atoms with van der Waals surface area (Å²) in [5, 5.41) is 3.64. The van der Waals surface area contributed by atoms with Crippen LogP contribution in [0, 0.1) is 0 Å². The van der Waals surface area contributed by atoms with Gasteiger partial charge in [0.25, 0.3) is 0 Å². The van der Waals surface area contributed by atoms with Gasteiger partial charge in [0.05, 0.1) is 14.2 Å². The van der Waals surface area contributed by atoms with E-state index in [1.54, 1.807) is 14.2 Å². The topological polar surface area (TPSA) is 30.5 Å². The number of methoxy groups -OCH3 is 2. The van der Waals surface area contributed by atoms with Gasteiger partial charge in [-0.2, -0.15) is 11.8 Å². The molecule has 0 spiro atoms. The summed E-state index contributed by atoms with van der Waals surface area (Å²) in [5.74, 6) is 3.92. The Morgan fingerprint density at radius 1 is 1.10 bits per heavy atom. The highest BCUT2D eigenvalue weighted by atomic mass is 32.2. The van der Waals surface area contributed by atoms with Gasteiger partial charge in [-0.05, 0) is 43.7 Å². The standard InChI is InChI=1S/C16H27NO2S/c1-6-20-11-13(3)17-12(2)9-14-7-8-15(18-4)16(10-14)19-5/h7-8,10,12-13,17H,6,9,11H2,1-5H3. The van der Waals surface area contributed by atoms with Crippen LogP contribution in [0.3, 0.4) is 0 Å². The summed E-state index contributed by atoms with van der Waals surface area (Å²) in [6.45, 7) is 6.67. The molecular weight excluding hydrogens is 270 g/mol. The number of rotatable bonds is 9. The smallest absolute Gasteiger partial charge is 0.160 e. The van der Waals surface area contributed by atoms with E-state index in [4.69, 9.17) is 9.47 Å². The van der Waals surface area contributed by atoms with Crippen molar-refractivity contribution in [1.82, 2.24) is 5.32 Å². The molecule has 1 aromatic carbocycles. The van der Waals surface area contributed by atoms with Crippen LogP contribution in [-0.2, 0) is 6.42 Å². The van der Waals surface area contributed by atoms with Crippen molar-refractivity contribution in [2.75, 3.05) is 25.7 Å². The summed E-state index contributed by atoms with van der Waals surface area (Å²) in [6.07, 6.45) is 0.988. The fraction of sp³-hybridized carbons (Fsp3) is 0.625. The molecule has 0 aliphatic carbocycles. The first-order valence-corrected chi connectivity index (χ1v) is 8.30. The fourth-order valence-corrected chi connectivity index (χ4v) is 2.93. The van der Waals surface area contributed by atoms with Gasteiger partial charge in [-0.1, -0.05) is 13.0 Å². The van der Waals surface area contributed by atoms with Gasteiger partial charge >= 0.3 is 0 Å². The summed E-state index contributed by atoms with van der Waals surface area (Å²) in [4.78, 5) is 0. The molecule has 114 valence electrons. The number of nitrogens with one attached hydrogen (secondary N) is 1. The van der Waals surface area contributed by atoms with Crippen LogP contribution >= 0.6 is 11.8 Å². The molecule has 20 heavy (non-hydrogen) atoms. The Balaban J connectivity index is 2.55. The molecule has 2 atom stereocenters. The molecular formula is C16H27NO2S. The predicted molar refractivity (Wildman–Crippen MR) is 88.3 cm³/mol. The van der Waals surface area contributed by atoms with Crippen molar-refractivity contribution in [2.45, 2.75) is 39.3 Å². The van der Waals surface area contributed by atoms with E-state index < -0.39 is 0 Å². The molecule has 2 unspecified atom stereocenters. The van der Waals surface area contributed by atoms with E-state index >= 15 is 0 Å². The van der Waals surface area contributed by atoms with Crippen molar-refractivity contribution in [2.24, 2.45) is 0 Å². The van der Waals surface area contributed by atoms with Crippen LogP contribution in [0.4, 0.5) is 0 Å². The molecule has 4 heteroatoms. The van der Waals surface area contributed by atoms with E-state index in [9.17, 15) is 0 Å². The monoisotopic (exact) mass is 297 g/mol. The molecule has 3 nitrogen and oxygen atoms in total. The number of hydrogen-bond donors (Lipinski definition) is 1. The molecule has 1 rings (SSSR count). The number of hydrogen-bond acceptors (Lipinski definition) is 4. The van der Waals surface area contributed by atoms with Crippen LogP contribution in [0.15, 0.2) is 18.2 Å². The minimum Gasteiger partial charge on any atom is -0.493 e. The molecule has 0 fully saturated rings. The largest absolute Gasteiger partial charge is 0.493 e. The lowest BCUT2D eigenvalue weighted by molar-refractivity contribution is 0.354. The molecule has 0 aliphatic heterocycles. The Bertz CT molecular complexity index is 398. The lowest BCUT2D eigenvalue weighted by Gasteiger charge is -2.20. The van der Waals surface area contributed by atoms with E-state index in [0.29, 0.717) is 12.1 Å². The van der Waals surface area contributed by atoms with E-state index in [-0.39, 0.29) is 0 Å². The second-order valence-corrected chi connectivity index (χ2v) is 6.34. The second-order valence-electron chi connectivity index (χ2n) is 5.02. The quantitative estimate of drug-likeness (QED) is 0.757. The number of thioether (sulfide) groups is 1. The van der Waals surface area contributed by atoms with Crippen LogP contribution in [-0.4, -0.2) is 37.8 Å². The van der Waals surface area contributed by atoms with Gasteiger partial charge in [-0.15, -0.1) is 0 Å². The molecule has 1 aromatic rings. The van der Waals surface area contributed by atoms with E-state index in [0.717, 1.165) is 23.7 Å². The Labute approximate surface area is 127 Å². The van der Waals surface area contributed by atoms with E-state index in [1.165, 1.54) is 11.3 Å². The zero-order chi connectivity index (χ0) is 15.0. The van der Waals surface area contributed by atoms with Gasteiger partial charge < -0.3 is 14.8 Å². The molecule has 0 radical (unpaired) electrons. The van der Waals surface area contributed by atoms with Crippen molar-refractivity contribution < 1.29 is 9.47 Å². The summed E-state index contributed by atoms with van der Waals surface area (Å²) in [5.41, 5.74) is 1.26. The third-order valence-corrected chi connectivity index (χ3v) is 4.27. The Hall–Kier alpha value is -0.870. The van der Waals surface area contributed by atoms with Gasteiger partial charge in [0.1, 0.15) is 0 Å². The van der Waals surface area contributed by atoms with Gasteiger partial charge in [0.2, 0.25) is 0 Å². The van der Waals surface area contributed by atoms with Crippen molar-refractivity contribution in [3.63, 3.8) is 0 Å². The van der Waals surface area contributed by atoms with Crippen molar-refractivity contribution in [3.05, 3.63) is 23.8 Å². The molecule has 0 bridgehead atoms. The number of benzene rings is 1. The summed E-state index contributed by atoms with van der Waals surface area (Å²) in [6, 6.07) is 7.11. The van der Waals surface area contributed by atoms with Crippen LogP contribution in [0.25, 0.3) is 0 Å². The zero-order valence-corrected chi connectivity index (χ0v) is 14.0. The summed E-state index contributed by atoms with van der Waals surface area (Å²) >= 11 is 1.98. The van der Waals surface area contributed by atoms with Crippen molar-refractivity contribution in [1.29, 1.82) is 0 Å². The highest BCUT2D eigenvalue weighted by molar-refractivity contribution is 7.99. The lowest BCUT2D eigenvalue weighted by Crippen LogP contribution is -2.37. The third-order valence-electron chi connectivity index (χ3n) is 3.13. The van der Waals surface area contributed by atoms with Crippen LogP contribution < -0.4 is 14.8 Å². The van der Waals surface area contributed by atoms with Gasteiger partial charge in [0.15, 0.2) is 11.5 Å². The SMILES string of the molecule is CCSCC(C)NC(C)Cc1ccc(OC)c(OC)c1. The van der Waals surface area contributed by atoms with E-state index in [2.05, 4.69) is 38.2 Å². The van der Waals surface area contributed by atoms with Gasteiger partial charge in [-0.3, -0.25) is 0 Å². The van der Waals surface area contributed by atoms with Crippen LogP contribution in [0.5, 0.6) is 11.5 Å². The first kappa shape index (κ1) is 17.2. The zero-order valence-electron chi connectivity index (χ0n) is 13.2. The average Bonchev–Trinajstić information content (AvgIpc) is 2.44.